The molecule has 2 aromatic rings. The lowest BCUT2D eigenvalue weighted by Gasteiger charge is -2.36. The van der Waals surface area contributed by atoms with Crippen molar-refractivity contribution in [1.82, 2.24) is 0 Å². The maximum absolute atomic E-state index is 13.1. The Morgan fingerprint density at radius 1 is 0.833 bits per heavy atom. The molecule has 0 saturated carbocycles. The lowest BCUT2D eigenvalue weighted by atomic mass is 10.1. The minimum absolute atomic E-state index is 0.132. The molecule has 0 amide bonds. The van der Waals surface area contributed by atoms with Crippen LogP contribution in [-0.4, -0.2) is 8.32 Å². The van der Waals surface area contributed by atoms with Gasteiger partial charge in [0.15, 0.2) is 0 Å². The normalized spacial score (nSPS) is 11.6. The zero-order chi connectivity index (χ0) is 18.0. The van der Waals surface area contributed by atoms with Gasteiger partial charge in [0.25, 0.3) is 0 Å². The fourth-order valence-electron chi connectivity index (χ4n) is 1.82. The van der Waals surface area contributed by atoms with Crippen molar-refractivity contribution in [2.24, 2.45) is 0 Å². The second-order valence-corrected chi connectivity index (χ2v) is 12.0. The highest BCUT2D eigenvalue weighted by atomic mass is 28.4. The van der Waals surface area contributed by atoms with Gasteiger partial charge in [-0.1, -0.05) is 32.6 Å². The highest BCUT2D eigenvalue weighted by Crippen LogP contribution is 2.37. The van der Waals surface area contributed by atoms with Crippen LogP contribution >= 0.6 is 0 Å². The molecule has 126 valence electrons. The van der Waals surface area contributed by atoms with Crippen LogP contribution < -0.4 is 4.43 Å². The van der Waals surface area contributed by atoms with E-state index in [4.69, 9.17) is 4.43 Å². The molecule has 1 nitrogen and oxygen atoms in total. The lowest BCUT2D eigenvalue weighted by Crippen LogP contribution is -2.43. The monoisotopic (exact) mass is 344 g/mol. The van der Waals surface area contributed by atoms with Crippen molar-refractivity contribution in [3.63, 3.8) is 0 Å². The van der Waals surface area contributed by atoms with E-state index in [2.05, 4.69) is 45.7 Å². The molecule has 2 aromatic carbocycles. The summed E-state index contributed by atoms with van der Waals surface area (Å²) in [5.74, 6) is 5.25. The van der Waals surface area contributed by atoms with Crippen molar-refractivity contribution >= 4 is 8.32 Å². The van der Waals surface area contributed by atoms with Gasteiger partial charge in [-0.15, -0.1) is 0 Å². The van der Waals surface area contributed by atoms with Crippen LogP contribution in [0.15, 0.2) is 42.5 Å². The minimum Gasteiger partial charge on any atom is -0.544 e. The Morgan fingerprint density at radius 3 is 1.83 bits per heavy atom. The van der Waals surface area contributed by atoms with Crippen LogP contribution in [0.3, 0.4) is 0 Å². The summed E-state index contributed by atoms with van der Waals surface area (Å²) in [6.45, 7) is 11.0. The van der Waals surface area contributed by atoms with E-state index in [0.29, 0.717) is 5.56 Å². The smallest absolute Gasteiger partial charge is 0.250 e. The van der Waals surface area contributed by atoms with Crippen molar-refractivity contribution in [2.45, 2.75) is 38.9 Å². The molecule has 0 saturated heterocycles. The molecule has 0 aliphatic rings. The second kappa shape index (κ2) is 6.78. The predicted molar refractivity (Wildman–Crippen MR) is 96.6 cm³/mol. The molecular formula is C20H22F2OSi. The number of benzene rings is 2. The Labute approximate surface area is 143 Å². The maximum Gasteiger partial charge on any atom is 0.250 e. The first-order chi connectivity index (χ1) is 11.1. The molecule has 0 heterocycles. The number of hydrogen-bond acceptors (Lipinski definition) is 1. The summed E-state index contributed by atoms with van der Waals surface area (Å²) in [4.78, 5) is 0. The standard InChI is InChI=1S/C20H22F2OSi/c1-20(2,3)24(4,5)23-19-10-8-15(9-11-19)6-7-16-12-17(21)14-18(22)13-16/h8-14H,1-5H3. The Hall–Kier alpha value is -2.12. The zero-order valence-electron chi connectivity index (χ0n) is 14.7. The van der Waals surface area contributed by atoms with Crippen molar-refractivity contribution in [3.05, 3.63) is 65.2 Å². The van der Waals surface area contributed by atoms with Crippen LogP contribution in [0.25, 0.3) is 0 Å². The highest BCUT2D eigenvalue weighted by molar-refractivity contribution is 6.74. The van der Waals surface area contributed by atoms with E-state index in [0.717, 1.165) is 17.4 Å². The highest BCUT2D eigenvalue weighted by Gasteiger charge is 2.38. The summed E-state index contributed by atoms with van der Waals surface area (Å²) in [5, 5.41) is 0.132. The van der Waals surface area contributed by atoms with E-state index in [-0.39, 0.29) is 5.04 Å². The summed E-state index contributed by atoms with van der Waals surface area (Å²) in [5.41, 5.74) is 1.08. The summed E-state index contributed by atoms with van der Waals surface area (Å²) in [6.07, 6.45) is 0. The first-order valence-corrected chi connectivity index (χ1v) is 10.7. The molecule has 0 spiro atoms. The summed E-state index contributed by atoms with van der Waals surface area (Å²) < 4.78 is 32.5. The van der Waals surface area contributed by atoms with E-state index in [1.54, 1.807) is 0 Å². The van der Waals surface area contributed by atoms with Crippen molar-refractivity contribution in [2.75, 3.05) is 0 Å². The van der Waals surface area contributed by atoms with E-state index < -0.39 is 20.0 Å². The van der Waals surface area contributed by atoms with Crippen LogP contribution in [-0.2, 0) is 0 Å². The van der Waals surface area contributed by atoms with Crippen molar-refractivity contribution in [3.8, 4) is 17.6 Å². The number of hydrogen-bond donors (Lipinski definition) is 0. The van der Waals surface area contributed by atoms with Crippen molar-refractivity contribution in [1.29, 1.82) is 0 Å². The quantitative estimate of drug-likeness (QED) is 0.498. The van der Waals surface area contributed by atoms with Crippen LogP contribution in [0.4, 0.5) is 8.78 Å². The van der Waals surface area contributed by atoms with E-state index in [9.17, 15) is 8.78 Å². The third kappa shape index (κ3) is 4.69. The molecule has 0 unspecified atom stereocenters. The molecule has 0 fully saturated rings. The molecule has 0 N–H and O–H groups in total. The lowest BCUT2D eigenvalue weighted by molar-refractivity contribution is 0.492. The fraction of sp³-hybridized carbons (Fsp3) is 0.300. The van der Waals surface area contributed by atoms with Crippen LogP contribution in [0.2, 0.25) is 18.1 Å². The topological polar surface area (TPSA) is 9.23 Å². The first-order valence-electron chi connectivity index (χ1n) is 7.84. The average Bonchev–Trinajstić information content (AvgIpc) is 2.44. The van der Waals surface area contributed by atoms with Gasteiger partial charge >= 0.3 is 0 Å². The van der Waals surface area contributed by atoms with Gasteiger partial charge < -0.3 is 4.43 Å². The van der Waals surface area contributed by atoms with Crippen molar-refractivity contribution < 1.29 is 13.2 Å². The molecule has 24 heavy (non-hydrogen) atoms. The average molecular weight is 344 g/mol. The third-order valence-corrected chi connectivity index (χ3v) is 8.61. The van der Waals surface area contributed by atoms with Gasteiger partial charge in [0.1, 0.15) is 17.4 Å². The van der Waals surface area contributed by atoms with E-state index >= 15 is 0 Å². The van der Waals surface area contributed by atoms with Gasteiger partial charge in [-0.2, -0.15) is 0 Å². The molecule has 0 radical (unpaired) electrons. The molecule has 0 bridgehead atoms. The second-order valence-electron chi connectivity index (χ2n) is 7.29. The molecular weight excluding hydrogens is 322 g/mol. The minimum atomic E-state index is -1.87. The molecule has 0 aliphatic heterocycles. The largest absolute Gasteiger partial charge is 0.544 e. The number of halogens is 2. The Morgan fingerprint density at radius 2 is 1.33 bits per heavy atom. The van der Waals surface area contributed by atoms with Gasteiger partial charge in [0.05, 0.1) is 0 Å². The third-order valence-electron chi connectivity index (χ3n) is 4.25. The Balaban J connectivity index is 2.15. The van der Waals surface area contributed by atoms with Gasteiger partial charge in [-0.05, 0) is 54.5 Å². The van der Waals surface area contributed by atoms with Crippen LogP contribution in [0.1, 0.15) is 31.9 Å². The van der Waals surface area contributed by atoms with Gasteiger partial charge in [0, 0.05) is 17.2 Å². The molecule has 2 rings (SSSR count). The number of rotatable bonds is 2. The van der Waals surface area contributed by atoms with E-state index in [1.165, 1.54) is 12.1 Å². The Kier molecular flexibility index (Phi) is 5.15. The summed E-state index contributed by atoms with van der Waals surface area (Å²) >= 11 is 0. The Bertz CT molecular complexity index is 758. The summed E-state index contributed by atoms with van der Waals surface area (Å²) in [7, 11) is -1.87. The maximum atomic E-state index is 13.1. The molecule has 0 aromatic heterocycles. The van der Waals surface area contributed by atoms with Gasteiger partial charge in [-0.3, -0.25) is 0 Å². The molecule has 0 atom stereocenters. The first kappa shape index (κ1) is 18.2. The summed E-state index contributed by atoms with van der Waals surface area (Å²) in [6, 6.07) is 10.7. The van der Waals surface area contributed by atoms with Crippen LogP contribution in [0, 0.1) is 23.5 Å². The van der Waals surface area contributed by atoms with E-state index in [1.807, 2.05) is 24.3 Å². The predicted octanol–water partition coefficient (Wildman–Crippen LogP) is 5.75. The SMILES string of the molecule is CC(C)(C)[Si](C)(C)Oc1ccc(C#Cc2cc(F)cc(F)c2)cc1. The fourth-order valence-corrected chi connectivity index (χ4v) is 2.86. The van der Waals surface area contributed by atoms with Gasteiger partial charge in [-0.25, -0.2) is 8.78 Å². The zero-order valence-corrected chi connectivity index (χ0v) is 15.7. The molecule has 4 heteroatoms. The molecule has 0 aliphatic carbocycles. The van der Waals surface area contributed by atoms with Gasteiger partial charge in [0.2, 0.25) is 8.32 Å². The van der Waals surface area contributed by atoms with Crippen LogP contribution in [0.5, 0.6) is 5.75 Å².